The van der Waals surface area contributed by atoms with Crippen molar-refractivity contribution < 1.29 is 14.3 Å². The van der Waals surface area contributed by atoms with E-state index in [4.69, 9.17) is 5.73 Å². The average molecular weight is 369 g/mol. The van der Waals surface area contributed by atoms with Gasteiger partial charge in [-0.15, -0.1) is 12.4 Å². The number of aromatic hydroxyl groups is 1. The van der Waals surface area contributed by atoms with Gasteiger partial charge in [0.1, 0.15) is 5.82 Å². The van der Waals surface area contributed by atoms with E-state index < -0.39 is 0 Å². The zero-order chi connectivity index (χ0) is 17.5. The summed E-state index contributed by atoms with van der Waals surface area (Å²) in [5, 5.41) is 14.3. The monoisotopic (exact) mass is 368 g/mol. The molecule has 1 fully saturated rings. The standard InChI is InChI=1S/C17H21FN4O2.ClH/c1-11-7-12(18)3-4-13(11)22-8-14(23)15(20-22)16(24)21-6-5-17(2,9-19)10-21;/h3-4,7-8,23H,5-6,9-10,19H2,1-2H3;1H. The molecule has 0 radical (unpaired) electrons. The van der Waals surface area contributed by atoms with Gasteiger partial charge in [0.2, 0.25) is 0 Å². The van der Waals surface area contributed by atoms with Crippen LogP contribution in [0, 0.1) is 18.2 Å². The summed E-state index contributed by atoms with van der Waals surface area (Å²) in [5.41, 5.74) is 6.95. The van der Waals surface area contributed by atoms with Crippen molar-refractivity contribution in [3.8, 4) is 11.4 Å². The van der Waals surface area contributed by atoms with E-state index in [1.54, 1.807) is 17.9 Å². The van der Waals surface area contributed by atoms with Gasteiger partial charge in [-0.25, -0.2) is 9.07 Å². The number of amides is 1. The lowest BCUT2D eigenvalue weighted by Crippen LogP contribution is -2.34. The Morgan fingerprint density at radius 3 is 2.80 bits per heavy atom. The quantitative estimate of drug-likeness (QED) is 0.870. The molecule has 1 aromatic carbocycles. The molecule has 2 heterocycles. The molecule has 136 valence electrons. The van der Waals surface area contributed by atoms with E-state index in [0.29, 0.717) is 30.9 Å². The number of carbonyl (C=O) groups excluding carboxylic acids is 1. The third kappa shape index (κ3) is 3.62. The van der Waals surface area contributed by atoms with Crippen LogP contribution in [0.2, 0.25) is 0 Å². The lowest BCUT2D eigenvalue weighted by atomic mass is 9.90. The Labute approximate surface area is 151 Å². The van der Waals surface area contributed by atoms with Gasteiger partial charge in [0.25, 0.3) is 5.91 Å². The molecule has 1 atom stereocenters. The molecule has 3 rings (SSSR count). The van der Waals surface area contributed by atoms with Crippen LogP contribution in [-0.2, 0) is 0 Å². The smallest absolute Gasteiger partial charge is 0.278 e. The zero-order valence-electron chi connectivity index (χ0n) is 14.2. The van der Waals surface area contributed by atoms with Crippen molar-refractivity contribution in [1.29, 1.82) is 0 Å². The zero-order valence-corrected chi connectivity index (χ0v) is 15.0. The first-order valence-corrected chi connectivity index (χ1v) is 7.87. The van der Waals surface area contributed by atoms with E-state index in [1.165, 1.54) is 23.0 Å². The summed E-state index contributed by atoms with van der Waals surface area (Å²) < 4.78 is 14.6. The Hall–Kier alpha value is -2.12. The van der Waals surface area contributed by atoms with Crippen molar-refractivity contribution in [2.45, 2.75) is 20.3 Å². The number of aromatic nitrogens is 2. The summed E-state index contributed by atoms with van der Waals surface area (Å²) in [6, 6.07) is 4.26. The molecule has 1 aliphatic rings. The molecule has 1 unspecified atom stereocenters. The highest BCUT2D eigenvalue weighted by molar-refractivity contribution is 5.95. The SMILES string of the molecule is Cc1cc(F)ccc1-n1cc(O)c(C(=O)N2CCC(C)(CN)C2)n1.Cl. The predicted octanol–water partition coefficient (Wildman–Crippen LogP) is 2.26. The number of halogens is 2. The number of hydrogen-bond donors (Lipinski definition) is 2. The molecular weight excluding hydrogens is 347 g/mol. The van der Waals surface area contributed by atoms with Crippen molar-refractivity contribution in [3.63, 3.8) is 0 Å². The fourth-order valence-electron chi connectivity index (χ4n) is 3.03. The molecule has 1 amide bonds. The number of benzene rings is 1. The summed E-state index contributed by atoms with van der Waals surface area (Å²) in [6.07, 6.45) is 2.19. The summed E-state index contributed by atoms with van der Waals surface area (Å²) in [6.45, 7) is 5.43. The Kier molecular flexibility index (Phi) is 5.39. The number of hydrogen-bond acceptors (Lipinski definition) is 4. The minimum atomic E-state index is -0.345. The third-order valence-electron chi connectivity index (χ3n) is 4.64. The number of likely N-dealkylation sites (tertiary alicyclic amines) is 1. The molecule has 3 N–H and O–H groups in total. The van der Waals surface area contributed by atoms with Gasteiger partial charge in [-0.2, -0.15) is 5.10 Å². The molecule has 0 saturated carbocycles. The Bertz CT molecular complexity index is 795. The van der Waals surface area contributed by atoms with Gasteiger partial charge in [0, 0.05) is 13.1 Å². The number of nitrogens with zero attached hydrogens (tertiary/aromatic N) is 3. The first-order chi connectivity index (χ1) is 11.3. The van der Waals surface area contributed by atoms with Crippen LogP contribution in [0.15, 0.2) is 24.4 Å². The van der Waals surface area contributed by atoms with Gasteiger partial charge >= 0.3 is 0 Å². The van der Waals surface area contributed by atoms with E-state index in [-0.39, 0.29) is 41.0 Å². The van der Waals surface area contributed by atoms with Crippen LogP contribution in [0.25, 0.3) is 5.69 Å². The van der Waals surface area contributed by atoms with Crippen molar-refractivity contribution in [3.05, 3.63) is 41.5 Å². The van der Waals surface area contributed by atoms with E-state index in [0.717, 1.165) is 6.42 Å². The van der Waals surface area contributed by atoms with Gasteiger partial charge in [-0.3, -0.25) is 4.79 Å². The van der Waals surface area contributed by atoms with Crippen LogP contribution in [0.4, 0.5) is 4.39 Å². The van der Waals surface area contributed by atoms with E-state index >= 15 is 0 Å². The van der Waals surface area contributed by atoms with Crippen molar-refractivity contribution in [2.75, 3.05) is 19.6 Å². The Balaban J connectivity index is 0.00000225. The van der Waals surface area contributed by atoms with Crippen LogP contribution in [0.5, 0.6) is 5.75 Å². The second kappa shape index (κ2) is 7.01. The number of aryl methyl sites for hydroxylation is 1. The summed E-state index contributed by atoms with van der Waals surface area (Å²) >= 11 is 0. The van der Waals surface area contributed by atoms with Crippen LogP contribution in [-0.4, -0.2) is 45.3 Å². The van der Waals surface area contributed by atoms with E-state index in [2.05, 4.69) is 5.10 Å². The fraction of sp³-hybridized carbons (Fsp3) is 0.412. The lowest BCUT2D eigenvalue weighted by molar-refractivity contribution is 0.0767. The lowest BCUT2D eigenvalue weighted by Gasteiger charge is -2.22. The van der Waals surface area contributed by atoms with Crippen LogP contribution in [0.1, 0.15) is 29.4 Å². The normalized spacial score (nSPS) is 19.8. The highest BCUT2D eigenvalue weighted by atomic mass is 35.5. The maximum atomic E-state index is 13.2. The van der Waals surface area contributed by atoms with Gasteiger partial charge in [0.15, 0.2) is 11.4 Å². The van der Waals surface area contributed by atoms with Crippen molar-refractivity contribution >= 4 is 18.3 Å². The van der Waals surface area contributed by atoms with E-state index in [9.17, 15) is 14.3 Å². The molecule has 0 bridgehead atoms. The number of carbonyl (C=O) groups is 1. The Morgan fingerprint density at radius 1 is 1.48 bits per heavy atom. The van der Waals surface area contributed by atoms with Gasteiger partial charge in [-0.05, 0) is 49.1 Å². The predicted molar refractivity (Wildman–Crippen MR) is 94.9 cm³/mol. The van der Waals surface area contributed by atoms with Crippen LogP contribution in [0.3, 0.4) is 0 Å². The summed E-state index contributed by atoms with van der Waals surface area (Å²) in [5.74, 6) is -0.852. The molecule has 25 heavy (non-hydrogen) atoms. The molecular formula is C17H22ClFN4O2. The highest BCUT2D eigenvalue weighted by Gasteiger charge is 2.36. The topological polar surface area (TPSA) is 84.4 Å². The highest BCUT2D eigenvalue weighted by Crippen LogP contribution is 2.31. The molecule has 0 aliphatic carbocycles. The van der Waals surface area contributed by atoms with Crippen molar-refractivity contribution in [1.82, 2.24) is 14.7 Å². The van der Waals surface area contributed by atoms with Gasteiger partial charge < -0.3 is 15.7 Å². The number of rotatable bonds is 3. The molecule has 8 heteroatoms. The maximum Gasteiger partial charge on any atom is 0.278 e. The molecule has 0 spiro atoms. The minimum Gasteiger partial charge on any atom is -0.504 e. The first kappa shape index (κ1) is 19.2. The second-order valence-corrected chi connectivity index (χ2v) is 6.73. The fourth-order valence-corrected chi connectivity index (χ4v) is 3.03. The van der Waals surface area contributed by atoms with Crippen molar-refractivity contribution in [2.24, 2.45) is 11.1 Å². The minimum absolute atomic E-state index is 0. The number of nitrogens with two attached hydrogens (primary N) is 1. The molecule has 2 aromatic rings. The second-order valence-electron chi connectivity index (χ2n) is 6.73. The summed E-state index contributed by atoms with van der Waals surface area (Å²) in [4.78, 5) is 14.3. The first-order valence-electron chi connectivity index (χ1n) is 7.87. The third-order valence-corrected chi connectivity index (χ3v) is 4.64. The van der Waals surface area contributed by atoms with Crippen LogP contribution >= 0.6 is 12.4 Å². The molecule has 1 saturated heterocycles. The van der Waals surface area contributed by atoms with Gasteiger partial charge in [0.05, 0.1) is 11.9 Å². The Morgan fingerprint density at radius 2 is 2.20 bits per heavy atom. The van der Waals surface area contributed by atoms with Gasteiger partial charge in [-0.1, -0.05) is 6.92 Å². The molecule has 6 nitrogen and oxygen atoms in total. The summed E-state index contributed by atoms with van der Waals surface area (Å²) in [7, 11) is 0. The molecule has 1 aliphatic heterocycles. The van der Waals surface area contributed by atoms with E-state index in [1.807, 2.05) is 6.92 Å². The maximum absolute atomic E-state index is 13.2. The van der Waals surface area contributed by atoms with Crippen LogP contribution < -0.4 is 5.73 Å². The average Bonchev–Trinajstić information content (AvgIpc) is 3.11. The largest absolute Gasteiger partial charge is 0.504 e. The molecule has 1 aromatic heterocycles.